The second kappa shape index (κ2) is 6.77. The molecule has 1 heterocycles. The Morgan fingerprint density at radius 1 is 1.18 bits per heavy atom. The summed E-state index contributed by atoms with van der Waals surface area (Å²) < 4.78 is 0.951. The van der Waals surface area contributed by atoms with Crippen LogP contribution in [0.3, 0.4) is 0 Å². The van der Waals surface area contributed by atoms with Gasteiger partial charge in [0.25, 0.3) is 0 Å². The van der Waals surface area contributed by atoms with Gasteiger partial charge in [-0.05, 0) is 30.2 Å². The maximum Gasteiger partial charge on any atom is 0.321 e. The van der Waals surface area contributed by atoms with E-state index < -0.39 is 0 Å². The quantitative estimate of drug-likeness (QED) is 0.748. The van der Waals surface area contributed by atoms with Crippen LogP contribution in [0.25, 0.3) is 10.2 Å². The van der Waals surface area contributed by atoms with Crippen LogP contribution in [0.2, 0.25) is 5.02 Å². The number of urea groups is 1. The Morgan fingerprint density at radius 3 is 2.82 bits per heavy atom. The van der Waals surface area contributed by atoms with Crippen LogP contribution < -0.4 is 10.6 Å². The number of anilines is 1. The third-order valence-corrected chi connectivity index (χ3v) is 4.28. The first kappa shape index (κ1) is 14.8. The molecule has 0 aliphatic rings. The van der Waals surface area contributed by atoms with Gasteiger partial charge in [-0.25, -0.2) is 9.78 Å². The van der Waals surface area contributed by atoms with Crippen LogP contribution in [0, 0.1) is 0 Å². The minimum atomic E-state index is -0.249. The van der Waals surface area contributed by atoms with Crippen molar-refractivity contribution in [1.29, 1.82) is 0 Å². The Labute approximate surface area is 137 Å². The zero-order valence-electron chi connectivity index (χ0n) is 11.7. The van der Waals surface area contributed by atoms with Crippen molar-refractivity contribution in [2.45, 2.75) is 6.42 Å². The van der Waals surface area contributed by atoms with Crippen LogP contribution in [-0.2, 0) is 6.42 Å². The normalized spacial score (nSPS) is 10.6. The fraction of sp³-hybridized carbons (Fsp3) is 0.125. The molecule has 3 rings (SSSR count). The van der Waals surface area contributed by atoms with Crippen LogP contribution in [0.1, 0.15) is 5.56 Å². The monoisotopic (exact) mass is 331 g/mol. The first-order chi connectivity index (χ1) is 10.7. The van der Waals surface area contributed by atoms with Crippen LogP contribution in [-0.4, -0.2) is 17.6 Å². The molecule has 3 aromatic rings. The van der Waals surface area contributed by atoms with Gasteiger partial charge in [-0.3, -0.25) is 5.32 Å². The summed E-state index contributed by atoms with van der Waals surface area (Å²) in [5.74, 6) is 0. The SMILES string of the molecule is O=C(NCCc1ccccc1)Nc1nc2ccc(Cl)cc2s1. The number of carbonyl (C=O) groups excluding carboxylic acids is 1. The highest BCUT2D eigenvalue weighted by molar-refractivity contribution is 7.22. The highest BCUT2D eigenvalue weighted by atomic mass is 35.5. The second-order valence-corrected chi connectivity index (χ2v) is 6.21. The van der Waals surface area contributed by atoms with Crippen molar-refractivity contribution < 1.29 is 4.79 Å². The molecule has 6 heteroatoms. The maximum atomic E-state index is 11.9. The number of carbonyl (C=O) groups is 1. The molecule has 2 aromatic carbocycles. The molecule has 1 aromatic heterocycles. The van der Waals surface area contributed by atoms with Gasteiger partial charge < -0.3 is 5.32 Å². The van der Waals surface area contributed by atoms with Gasteiger partial charge in [0.15, 0.2) is 5.13 Å². The summed E-state index contributed by atoms with van der Waals surface area (Å²) in [6.45, 7) is 0.576. The molecule has 2 amide bonds. The molecular formula is C16H14ClN3OS. The number of aromatic nitrogens is 1. The van der Waals surface area contributed by atoms with Gasteiger partial charge in [0.05, 0.1) is 10.2 Å². The number of hydrogen-bond donors (Lipinski definition) is 2. The minimum absolute atomic E-state index is 0.249. The molecule has 22 heavy (non-hydrogen) atoms. The molecule has 0 unspecified atom stereocenters. The molecule has 0 atom stereocenters. The van der Waals surface area contributed by atoms with E-state index in [-0.39, 0.29) is 6.03 Å². The molecule has 4 nitrogen and oxygen atoms in total. The molecule has 0 spiro atoms. The van der Waals surface area contributed by atoms with E-state index in [9.17, 15) is 4.79 Å². The largest absolute Gasteiger partial charge is 0.337 e. The standard InChI is InChI=1S/C16H14ClN3OS/c17-12-6-7-13-14(10-12)22-16(19-13)20-15(21)18-9-8-11-4-2-1-3-5-11/h1-7,10H,8-9H2,(H2,18,19,20,21). The van der Waals surface area contributed by atoms with Gasteiger partial charge in [0, 0.05) is 11.6 Å². The Morgan fingerprint density at radius 2 is 2.00 bits per heavy atom. The Balaban J connectivity index is 1.54. The van der Waals surface area contributed by atoms with E-state index in [2.05, 4.69) is 15.6 Å². The molecule has 0 saturated carbocycles. The molecule has 0 aliphatic carbocycles. The highest BCUT2D eigenvalue weighted by Gasteiger charge is 2.07. The number of rotatable bonds is 4. The summed E-state index contributed by atoms with van der Waals surface area (Å²) in [7, 11) is 0. The summed E-state index contributed by atoms with van der Waals surface area (Å²) in [5, 5.41) is 6.80. The number of fused-ring (bicyclic) bond motifs is 1. The topological polar surface area (TPSA) is 54.0 Å². The van der Waals surface area contributed by atoms with Gasteiger partial charge in [0.1, 0.15) is 0 Å². The fourth-order valence-corrected chi connectivity index (χ4v) is 3.20. The maximum absolute atomic E-state index is 11.9. The highest BCUT2D eigenvalue weighted by Crippen LogP contribution is 2.28. The van der Waals surface area contributed by atoms with Gasteiger partial charge in [-0.15, -0.1) is 0 Å². The van der Waals surface area contributed by atoms with Crippen LogP contribution in [0.5, 0.6) is 0 Å². The summed E-state index contributed by atoms with van der Waals surface area (Å²) in [5.41, 5.74) is 2.02. The summed E-state index contributed by atoms with van der Waals surface area (Å²) in [6, 6.07) is 15.2. The Kier molecular flexibility index (Phi) is 4.56. The molecule has 2 N–H and O–H groups in total. The van der Waals surface area contributed by atoms with Gasteiger partial charge >= 0.3 is 6.03 Å². The van der Waals surface area contributed by atoms with Crippen LogP contribution in [0.15, 0.2) is 48.5 Å². The van der Waals surface area contributed by atoms with E-state index in [1.807, 2.05) is 42.5 Å². The van der Waals surface area contributed by atoms with Crippen molar-refractivity contribution in [3.05, 3.63) is 59.1 Å². The number of thiazole rings is 1. The zero-order chi connectivity index (χ0) is 15.4. The van der Waals surface area contributed by atoms with Gasteiger partial charge in [-0.2, -0.15) is 0 Å². The number of hydrogen-bond acceptors (Lipinski definition) is 3. The van der Waals surface area contributed by atoms with Crippen LogP contribution in [0.4, 0.5) is 9.93 Å². The van der Waals surface area contributed by atoms with Crippen molar-refractivity contribution in [3.63, 3.8) is 0 Å². The number of benzene rings is 2. The van der Waals surface area contributed by atoms with Crippen molar-refractivity contribution in [3.8, 4) is 0 Å². The lowest BCUT2D eigenvalue weighted by molar-refractivity contribution is 0.252. The first-order valence-corrected chi connectivity index (χ1v) is 8.05. The van der Waals surface area contributed by atoms with E-state index in [1.54, 1.807) is 6.07 Å². The summed E-state index contributed by atoms with van der Waals surface area (Å²) >= 11 is 7.34. The van der Waals surface area contributed by atoms with Crippen molar-refractivity contribution in [2.75, 3.05) is 11.9 Å². The Hall–Kier alpha value is -2.11. The molecule has 0 aliphatic heterocycles. The van der Waals surface area contributed by atoms with E-state index in [0.29, 0.717) is 16.7 Å². The van der Waals surface area contributed by atoms with E-state index >= 15 is 0 Å². The second-order valence-electron chi connectivity index (χ2n) is 4.75. The average molecular weight is 332 g/mol. The van der Waals surface area contributed by atoms with Crippen molar-refractivity contribution in [1.82, 2.24) is 10.3 Å². The van der Waals surface area contributed by atoms with Crippen molar-refractivity contribution >= 4 is 44.3 Å². The fourth-order valence-electron chi connectivity index (χ4n) is 2.06. The number of halogens is 1. The predicted molar refractivity (Wildman–Crippen MR) is 91.8 cm³/mol. The van der Waals surface area contributed by atoms with E-state index in [0.717, 1.165) is 16.6 Å². The van der Waals surface area contributed by atoms with E-state index in [4.69, 9.17) is 11.6 Å². The number of nitrogens with one attached hydrogen (secondary N) is 2. The van der Waals surface area contributed by atoms with Crippen molar-refractivity contribution in [2.24, 2.45) is 0 Å². The van der Waals surface area contributed by atoms with E-state index in [1.165, 1.54) is 16.9 Å². The third-order valence-electron chi connectivity index (χ3n) is 3.11. The molecular weight excluding hydrogens is 318 g/mol. The van der Waals surface area contributed by atoms with Gasteiger partial charge in [0.2, 0.25) is 0 Å². The first-order valence-electron chi connectivity index (χ1n) is 6.85. The molecule has 0 radical (unpaired) electrons. The summed E-state index contributed by atoms with van der Waals surface area (Å²) in [4.78, 5) is 16.2. The van der Waals surface area contributed by atoms with Gasteiger partial charge in [-0.1, -0.05) is 53.3 Å². The predicted octanol–water partition coefficient (Wildman–Crippen LogP) is 4.31. The number of nitrogens with zero attached hydrogens (tertiary/aromatic N) is 1. The lowest BCUT2D eigenvalue weighted by Crippen LogP contribution is -2.30. The Bertz CT molecular complexity index is 788. The number of amides is 2. The lowest BCUT2D eigenvalue weighted by atomic mass is 10.1. The molecule has 0 fully saturated rings. The molecule has 0 saturated heterocycles. The summed E-state index contributed by atoms with van der Waals surface area (Å²) in [6.07, 6.45) is 0.795. The molecule has 112 valence electrons. The smallest absolute Gasteiger partial charge is 0.321 e. The van der Waals surface area contributed by atoms with Crippen LogP contribution >= 0.6 is 22.9 Å². The average Bonchev–Trinajstić information content (AvgIpc) is 2.89. The molecule has 0 bridgehead atoms. The minimum Gasteiger partial charge on any atom is -0.337 e. The third kappa shape index (κ3) is 3.75. The zero-order valence-corrected chi connectivity index (χ0v) is 13.2. The lowest BCUT2D eigenvalue weighted by Gasteiger charge is -2.05.